The van der Waals surface area contributed by atoms with Gasteiger partial charge in [-0.15, -0.1) is 0 Å². The van der Waals surface area contributed by atoms with Crippen LogP contribution in [0, 0.1) is 5.41 Å². The van der Waals surface area contributed by atoms with E-state index >= 15 is 0 Å². The van der Waals surface area contributed by atoms with Crippen LogP contribution >= 0.6 is 23.2 Å². The number of carboxylic acids is 1. The number of nitrogens with zero attached hydrogens (tertiary/aromatic N) is 3. The molecular formula is C23H22Cl2N4O4S. The van der Waals surface area contributed by atoms with Crippen LogP contribution in [-0.2, 0) is 14.8 Å². The topological polar surface area (TPSA) is 112 Å². The summed E-state index contributed by atoms with van der Waals surface area (Å²) in [5.41, 5.74) is 0.525. The minimum atomic E-state index is -3.96. The number of sulfonamides is 1. The van der Waals surface area contributed by atoms with Gasteiger partial charge in [0.2, 0.25) is 0 Å². The van der Waals surface area contributed by atoms with Gasteiger partial charge < -0.3 is 10.0 Å². The summed E-state index contributed by atoms with van der Waals surface area (Å²) in [6.07, 6.45) is 3.80. The Hall–Kier alpha value is -2.88. The van der Waals surface area contributed by atoms with Crippen molar-refractivity contribution in [3.8, 4) is 11.1 Å². The number of aromatic nitrogens is 2. The van der Waals surface area contributed by atoms with Crippen LogP contribution in [0.4, 0.5) is 11.6 Å². The first-order chi connectivity index (χ1) is 16.1. The average Bonchev–Trinajstić information content (AvgIpc) is 2.81. The molecule has 0 bridgehead atoms. The molecule has 0 atom stereocenters. The third-order valence-electron chi connectivity index (χ3n) is 5.97. The molecule has 1 aromatic carbocycles. The summed E-state index contributed by atoms with van der Waals surface area (Å²) in [6, 6.07) is 11.2. The van der Waals surface area contributed by atoms with Crippen molar-refractivity contribution >= 4 is 50.8 Å². The van der Waals surface area contributed by atoms with E-state index in [9.17, 15) is 18.3 Å². The van der Waals surface area contributed by atoms with E-state index in [1.807, 2.05) is 4.90 Å². The predicted molar refractivity (Wildman–Crippen MR) is 132 cm³/mol. The molecule has 1 saturated heterocycles. The fraction of sp³-hybridized carbons (Fsp3) is 0.261. The molecule has 0 radical (unpaired) electrons. The number of carboxylic acid groups (broad SMARTS) is 1. The largest absolute Gasteiger partial charge is 0.481 e. The van der Waals surface area contributed by atoms with Crippen molar-refractivity contribution in [2.24, 2.45) is 5.41 Å². The molecule has 34 heavy (non-hydrogen) atoms. The number of halogens is 2. The lowest BCUT2D eigenvalue weighted by molar-refractivity contribution is -0.149. The van der Waals surface area contributed by atoms with Crippen LogP contribution in [0.15, 0.2) is 59.8 Å². The van der Waals surface area contributed by atoms with E-state index in [1.165, 1.54) is 24.5 Å². The molecule has 2 aromatic heterocycles. The molecule has 0 aliphatic carbocycles. The molecule has 0 amide bonds. The lowest BCUT2D eigenvalue weighted by Gasteiger charge is -2.37. The molecule has 3 aromatic rings. The van der Waals surface area contributed by atoms with Crippen molar-refractivity contribution in [3.05, 3.63) is 64.9 Å². The van der Waals surface area contributed by atoms with Crippen molar-refractivity contribution in [1.82, 2.24) is 9.97 Å². The summed E-state index contributed by atoms with van der Waals surface area (Å²) in [5, 5.41) is 10.4. The number of anilines is 2. The number of carbonyl (C=O) groups is 1. The van der Waals surface area contributed by atoms with Gasteiger partial charge in [0.1, 0.15) is 11.6 Å². The molecule has 1 fully saturated rings. The summed E-state index contributed by atoms with van der Waals surface area (Å²) in [7, 11) is -3.96. The molecule has 0 spiro atoms. The molecule has 4 rings (SSSR count). The van der Waals surface area contributed by atoms with Crippen LogP contribution in [0.2, 0.25) is 10.0 Å². The average molecular weight is 521 g/mol. The fourth-order valence-corrected chi connectivity index (χ4v) is 5.16. The van der Waals surface area contributed by atoms with Crippen molar-refractivity contribution in [1.29, 1.82) is 0 Å². The van der Waals surface area contributed by atoms with Gasteiger partial charge in [-0.2, -0.15) is 0 Å². The van der Waals surface area contributed by atoms with Gasteiger partial charge in [0, 0.05) is 47.2 Å². The zero-order chi connectivity index (χ0) is 24.5. The molecule has 2 N–H and O–H groups in total. The lowest BCUT2D eigenvalue weighted by atomic mass is 9.80. The summed E-state index contributed by atoms with van der Waals surface area (Å²) in [5.74, 6) is -0.223. The number of benzene rings is 1. The second kappa shape index (κ2) is 9.40. The normalized spacial score (nSPS) is 15.7. The van der Waals surface area contributed by atoms with Gasteiger partial charge in [0.05, 0.1) is 10.3 Å². The van der Waals surface area contributed by atoms with Crippen LogP contribution < -0.4 is 9.62 Å². The van der Waals surface area contributed by atoms with Crippen LogP contribution in [0.3, 0.4) is 0 Å². The Morgan fingerprint density at radius 1 is 1.06 bits per heavy atom. The van der Waals surface area contributed by atoms with Crippen LogP contribution in [-0.4, -0.2) is 42.6 Å². The van der Waals surface area contributed by atoms with Gasteiger partial charge >= 0.3 is 5.97 Å². The van der Waals surface area contributed by atoms with E-state index in [4.69, 9.17) is 23.2 Å². The lowest BCUT2D eigenvalue weighted by Crippen LogP contribution is -2.43. The maximum atomic E-state index is 13.1. The van der Waals surface area contributed by atoms with Gasteiger partial charge in [-0.1, -0.05) is 23.2 Å². The summed E-state index contributed by atoms with van der Waals surface area (Å²) < 4.78 is 28.6. The molecule has 0 saturated carbocycles. The minimum absolute atomic E-state index is 0.0251. The fourth-order valence-electron chi connectivity index (χ4n) is 3.75. The number of rotatable bonds is 6. The Morgan fingerprint density at radius 2 is 1.76 bits per heavy atom. The highest BCUT2D eigenvalue weighted by molar-refractivity contribution is 7.92. The molecule has 8 nitrogen and oxygen atoms in total. The van der Waals surface area contributed by atoms with Gasteiger partial charge in [0.15, 0.2) is 0 Å². The van der Waals surface area contributed by atoms with E-state index < -0.39 is 21.4 Å². The number of aliphatic carboxylic acids is 1. The maximum absolute atomic E-state index is 13.1. The van der Waals surface area contributed by atoms with Crippen molar-refractivity contribution < 1.29 is 18.3 Å². The number of nitrogens with one attached hydrogen (secondary N) is 1. The van der Waals surface area contributed by atoms with Gasteiger partial charge in [-0.25, -0.2) is 18.4 Å². The standard InChI is InChI=1S/C23H22Cl2N4O4S/c1-23(22(30)31)6-10-29(11-7-23)21-14-17(5-9-27-21)34(32,33)28-20-12-15(4-8-26-20)18-13-16(24)2-3-19(18)25/h2-5,8-9,12-14H,6-7,10-11H2,1H3,(H,26,28)(H,30,31). The molecule has 1 aliphatic rings. The predicted octanol–water partition coefficient (Wildman–Crippen LogP) is 4.94. The molecular weight excluding hydrogens is 499 g/mol. The Labute approximate surface area is 207 Å². The Balaban J connectivity index is 1.55. The summed E-state index contributed by atoms with van der Waals surface area (Å²) in [4.78, 5) is 21.8. The summed E-state index contributed by atoms with van der Waals surface area (Å²) in [6.45, 7) is 2.66. The van der Waals surface area contributed by atoms with Crippen molar-refractivity contribution in [3.63, 3.8) is 0 Å². The van der Waals surface area contributed by atoms with Crippen molar-refractivity contribution in [2.75, 3.05) is 22.7 Å². The van der Waals surface area contributed by atoms with Gasteiger partial charge in [-0.05, 0) is 61.7 Å². The molecule has 3 heterocycles. The van der Waals surface area contributed by atoms with Crippen LogP contribution in [0.5, 0.6) is 0 Å². The zero-order valence-corrected chi connectivity index (χ0v) is 20.5. The van der Waals surface area contributed by atoms with Crippen molar-refractivity contribution in [2.45, 2.75) is 24.7 Å². The highest BCUT2D eigenvalue weighted by atomic mass is 35.5. The first-order valence-electron chi connectivity index (χ1n) is 10.5. The van der Waals surface area contributed by atoms with Crippen LogP contribution in [0.25, 0.3) is 11.1 Å². The SMILES string of the molecule is CC1(C(=O)O)CCN(c2cc(S(=O)(=O)Nc3cc(-c4cc(Cl)ccc4Cl)ccn3)ccn2)CC1. The number of piperidine rings is 1. The van der Waals surface area contributed by atoms with E-state index in [0.29, 0.717) is 52.9 Å². The molecule has 0 unspecified atom stereocenters. The number of hydrogen-bond acceptors (Lipinski definition) is 6. The number of pyridine rings is 2. The molecule has 11 heteroatoms. The first-order valence-corrected chi connectivity index (χ1v) is 12.7. The second-order valence-electron chi connectivity index (χ2n) is 8.36. The Kier molecular flexibility index (Phi) is 6.71. The smallest absolute Gasteiger partial charge is 0.309 e. The second-order valence-corrected chi connectivity index (χ2v) is 10.9. The van der Waals surface area contributed by atoms with Gasteiger partial charge in [-0.3, -0.25) is 9.52 Å². The maximum Gasteiger partial charge on any atom is 0.309 e. The third-order valence-corrected chi connectivity index (χ3v) is 7.89. The zero-order valence-electron chi connectivity index (χ0n) is 18.2. The first kappa shape index (κ1) is 24.3. The Bertz CT molecular complexity index is 1340. The quantitative estimate of drug-likeness (QED) is 0.473. The molecule has 178 valence electrons. The van der Waals surface area contributed by atoms with Gasteiger partial charge in [0.25, 0.3) is 10.0 Å². The highest BCUT2D eigenvalue weighted by Crippen LogP contribution is 2.34. The summed E-state index contributed by atoms with van der Waals surface area (Å²) >= 11 is 12.4. The van der Waals surface area contributed by atoms with E-state index in [-0.39, 0.29) is 10.7 Å². The Morgan fingerprint density at radius 3 is 2.47 bits per heavy atom. The van der Waals surface area contributed by atoms with E-state index in [2.05, 4.69) is 14.7 Å². The third kappa shape index (κ3) is 5.11. The highest BCUT2D eigenvalue weighted by Gasteiger charge is 2.37. The van der Waals surface area contributed by atoms with Crippen LogP contribution in [0.1, 0.15) is 19.8 Å². The monoisotopic (exact) mass is 520 g/mol. The van der Waals surface area contributed by atoms with E-state index in [0.717, 1.165) is 0 Å². The molecule has 1 aliphatic heterocycles. The van der Waals surface area contributed by atoms with E-state index in [1.54, 1.807) is 37.3 Å². The minimum Gasteiger partial charge on any atom is -0.481 e. The number of hydrogen-bond donors (Lipinski definition) is 2.